The predicted octanol–water partition coefficient (Wildman–Crippen LogP) is 2.11. The van der Waals surface area contributed by atoms with Crippen molar-refractivity contribution in [2.45, 2.75) is 18.1 Å². The summed E-state index contributed by atoms with van der Waals surface area (Å²) >= 11 is 4.29. The number of nitrogens with zero attached hydrogens (tertiary/aromatic N) is 3. The van der Waals surface area contributed by atoms with E-state index in [-0.39, 0.29) is 10.2 Å². The molecule has 6 nitrogen and oxygen atoms in total. The quantitative estimate of drug-likeness (QED) is 0.917. The summed E-state index contributed by atoms with van der Waals surface area (Å²) in [5.41, 5.74) is 1.29. The van der Waals surface area contributed by atoms with Crippen LogP contribution in [0.2, 0.25) is 0 Å². The van der Waals surface area contributed by atoms with E-state index in [9.17, 15) is 8.42 Å². The van der Waals surface area contributed by atoms with Crippen LogP contribution in [0, 0.1) is 13.8 Å². The molecule has 0 radical (unpaired) electrons. The fraction of sp³-hybridized carbons (Fsp3) is 0.222. The van der Waals surface area contributed by atoms with Crippen LogP contribution >= 0.6 is 27.3 Å². The van der Waals surface area contributed by atoms with Gasteiger partial charge in [-0.2, -0.15) is 5.10 Å². The van der Waals surface area contributed by atoms with Gasteiger partial charge in [-0.25, -0.2) is 18.1 Å². The standard InChI is InChI=1S/C9H9BrN4O2S2/c1-5-6(2)12-13-9(11-5)14-18(15,16)8-7(10)3-4-17-8/h3-4H,1-2H3,(H,11,13,14). The Bertz CT molecular complexity index is 684. The second-order valence-corrected chi connectivity index (χ2v) is 7.12. The molecule has 2 heterocycles. The maximum absolute atomic E-state index is 12.0. The lowest BCUT2D eigenvalue weighted by Crippen LogP contribution is -2.15. The molecule has 0 fully saturated rings. The van der Waals surface area contributed by atoms with Gasteiger partial charge in [-0.05, 0) is 41.2 Å². The van der Waals surface area contributed by atoms with Crippen LogP contribution in [0.3, 0.4) is 0 Å². The average Bonchev–Trinajstić information content (AvgIpc) is 2.70. The minimum absolute atomic E-state index is 0.0293. The molecule has 0 saturated heterocycles. The number of nitrogens with one attached hydrogen (secondary N) is 1. The van der Waals surface area contributed by atoms with Crippen LogP contribution in [0.5, 0.6) is 0 Å². The lowest BCUT2D eigenvalue weighted by atomic mass is 10.4. The molecule has 0 aliphatic rings. The first kappa shape index (κ1) is 13.4. The van der Waals surface area contributed by atoms with Gasteiger partial charge >= 0.3 is 0 Å². The zero-order chi connectivity index (χ0) is 13.3. The molecule has 0 amide bonds. The summed E-state index contributed by atoms with van der Waals surface area (Å²) in [6.07, 6.45) is 0. The smallest absolute Gasteiger partial charge is 0.245 e. The van der Waals surface area contributed by atoms with Crippen LogP contribution in [0.15, 0.2) is 20.1 Å². The van der Waals surface area contributed by atoms with E-state index >= 15 is 0 Å². The molecule has 96 valence electrons. The highest BCUT2D eigenvalue weighted by atomic mass is 79.9. The topological polar surface area (TPSA) is 84.8 Å². The van der Waals surface area contributed by atoms with Crippen LogP contribution in [0.1, 0.15) is 11.4 Å². The molecule has 0 bridgehead atoms. The summed E-state index contributed by atoms with van der Waals surface area (Å²) in [7, 11) is -3.67. The minimum Gasteiger partial charge on any atom is -0.245 e. The molecule has 2 aromatic rings. The molecule has 0 saturated carbocycles. The molecule has 0 spiro atoms. The molecule has 0 unspecified atom stereocenters. The molecule has 2 rings (SSSR count). The molecule has 9 heteroatoms. The molecule has 1 N–H and O–H groups in total. The Morgan fingerprint density at radius 1 is 1.28 bits per heavy atom. The lowest BCUT2D eigenvalue weighted by molar-refractivity contribution is 0.602. The van der Waals surface area contributed by atoms with Crippen molar-refractivity contribution in [3.63, 3.8) is 0 Å². The van der Waals surface area contributed by atoms with E-state index in [4.69, 9.17) is 0 Å². The van der Waals surface area contributed by atoms with Crippen LogP contribution in [-0.4, -0.2) is 23.6 Å². The Labute approximate surface area is 117 Å². The molecule has 0 aliphatic heterocycles. The van der Waals surface area contributed by atoms with Crippen LogP contribution in [-0.2, 0) is 10.0 Å². The molecule has 0 aromatic carbocycles. The van der Waals surface area contributed by atoms with Crippen molar-refractivity contribution in [1.82, 2.24) is 15.2 Å². The molecular weight excluding hydrogens is 340 g/mol. The van der Waals surface area contributed by atoms with Crippen molar-refractivity contribution >= 4 is 43.2 Å². The Kier molecular flexibility index (Phi) is 3.64. The average molecular weight is 349 g/mol. The summed E-state index contributed by atoms with van der Waals surface area (Å²) in [6.45, 7) is 3.49. The minimum atomic E-state index is -3.67. The first-order valence-corrected chi connectivity index (χ1v) is 7.99. The van der Waals surface area contributed by atoms with Crippen LogP contribution in [0.25, 0.3) is 0 Å². The van der Waals surface area contributed by atoms with Crippen molar-refractivity contribution in [3.05, 3.63) is 27.3 Å². The van der Waals surface area contributed by atoms with Gasteiger partial charge in [0, 0.05) is 4.47 Å². The van der Waals surface area contributed by atoms with Crippen LogP contribution in [0.4, 0.5) is 5.95 Å². The second-order valence-electron chi connectivity index (χ2n) is 3.47. The van der Waals surface area contributed by atoms with Gasteiger partial charge in [0.15, 0.2) is 4.21 Å². The van der Waals surface area contributed by atoms with E-state index in [1.165, 1.54) is 0 Å². The van der Waals surface area contributed by atoms with Gasteiger partial charge in [0.1, 0.15) is 0 Å². The van der Waals surface area contributed by atoms with Crippen molar-refractivity contribution in [2.75, 3.05) is 4.72 Å². The summed E-state index contributed by atoms with van der Waals surface area (Å²) < 4.78 is 27.1. The predicted molar refractivity (Wildman–Crippen MR) is 72.1 cm³/mol. The lowest BCUT2D eigenvalue weighted by Gasteiger charge is -2.05. The molecule has 2 aromatic heterocycles. The zero-order valence-corrected chi connectivity index (χ0v) is 12.7. The zero-order valence-electron chi connectivity index (χ0n) is 9.51. The third kappa shape index (κ3) is 2.68. The van der Waals surface area contributed by atoms with Crippen molar-refractivity contribution in [3.8, 4) is 0 Å². The number of rotatable bonds is 3. The number of hydrogen-bond donors (Lipinski definition) is 1. The Hall–Kier alpha value is -1.06. The third-order valence-corrected chi connectivity index (χ3v) is 6.14. The van der Waals surface area contributed by atoms with E-state index in [0.29, 0.717) is 15.9 Å². The third-order valence-electron chi connectivity index (χ3n) is 2.15. The summed E-state index contributed by atoms with van der Waals surface area (Å²) in [4.78, 5) is 4.02. The maximum Gasteiger partial charge on any atom is 0.274 e. The van der Waals surface area contributed by atoms with Gasteiger partial charge in [0.25, 0.3) is 16.0 Å². The number of aryl methyl sites for hydroxylation is 2. The van der Waals surface area contributed by atoms with Gasteiger partial charge in [-0.3, -0.25) is 0 Å². The fourth-order valence-corrected chi connectivity index (χ4v) is 4.42. The van der Waals surface area contributed by atoms with E-state index < -0.39 is 10.0 Å². The number of anilines is 1. The molecule has 0 atom stereocenters. The Morgan fingerprint density at radius 3 is 2.56 bits per heavy atom. The van der Waals surface area contributed by atoms with Gasteiger partial charge < -0.3 is 0 Å². The first-order chi connectivity index (χ1) is 8.40. The van der Waals surface area contributed by atoms with Gasteiger partial charge in [0.2, 0.25) is 0 Å². The summed E-state index contributed by atoms with van der Waals surface area (Å²) in [6, 6.07) is 1.67. The highest BCUT2D eigenvalue weighted by molar-refractivity contribution is 9.10. The number of halogens is 1. The fourth-order valence-electron chi connectivity index (χ4n) is 1.14. The Morgan fingerprint density at radius 2 is 2.00 bits per heavy atom. The van der Waals surface area contributed by atoms with Gasteiger partial charge in [0.05, 0.1) is 11.4 Å². The first-order valence-electron chi connectivity index (χ1n) is 4.84. The van der Waals surface area contributed by atoms with Crippen molar-refractivity contribution in [1.29, 1.82) is 0 Å². The van der Waals surface area contributed by atoms with Crippen molar-refractivity contribution < 1.29 is 8.42 Å². The Balaban J connectivity index is 2.34. The SMILES string of the molecule is Cc1nnc(NS(=O)(=O)c2sccc2Br)nc1C. The monoisotopic (exact) mass is 348 g/mol. The number of aromatic nitrogens is 3. The highest BCUT2D eigenvalue weighted by Gasteiger charge is 2.20. The number of hydrogen-bond acceptors (Lipinski definition) is 6. The molecular formula is C9H9BrN4O2S2. The van der Waals surface area contributed by atoms with Gasteiger partial charge in [-0.1, -0.05) is 0 Å². The maximum atomic E-state index is 12.0. The molecule has 0 aliphatic carbocycles. The van der Waals surface area contributed by atoms with Crippen LogP contribution < -0.4 is 4.72 Å². The highest BCUT2D eigenvalue weighted by Crippen LogP contribution is 2.28. The van der Waals surface area contributed by atoms with Crippen molar-refractivity contribution in [2.24, 2.45) is 0 Å². The normalized spacial score (nSPS) is 11.5. The largest absolute Gasteiger partial charge is 0.274 e. The van der Waals surface area contributed by atoms with E-state index in [1.54, 1.807) is 25.3 Å². The number of sulfonamides is 1. The number of thiophene rings is 1. The van der Waals surface area contributed by atoms with E-state index in [0.717, 1.165) is 11.3 Å². The molecule has 18 heavy (non-hydrogen) atoms. The van der Waals surface area contributed by atoms with E-state index in [1.807, 2.05) is 0 Å². The summed E-state index contributed by atoms with van der Waals surface area (Å²) in [5, 5.41) is 9.20. The van der Waals surface area contributed by atoms with Gasteiger partial charge in [-0.15, -0.1) is 16.4 Å². The second kappa shape index (κ2) is 4.90. The summed E-state index contributed by atoms with van der Waals surface area (Å²) in [5.74, 6) is -0.0293. The van der Waals surface area contributed by atoms with E-state index in [2.05, 4.69) is 35.8 Å².